The predicted octanol–water partition coefficient (Wildman–Crippen LogP) is 4.90. The third-order valence-corrected chi connectivity index (χ3v) is 6.27. The number of benzene rings is 3. The number of urea groups is 1. The molecule has 0 radical (unpaired) electrons. The SMILES string of the molecule is COc1cc(/C=C2\C(=O)NC(=O)N(c3ccc(Br)cc3)C2=O)cc(Br)c1OCC(=O)Nc1ccccc1. The standard InChI is InChI=1S/C26H19Br2N3O6/c1-36-21-13-15(12-20(28)23(21)37-14-22(32)29-17-5-3-2-4-6-17)11-19-24(33)30-26(35)31(25(19)34)18-9-7-16(27)8-10-18/h2-13H,14H2,1H3,(H,29,32)(H,30,33,35)/b19-11+. The number of carbonyl (C=O) groups excluding carboxylic acids is 4. The van der Waals surface area contributed by atoms with Crippen LogP contribution in [0.1, 0.15) is 5.56 Å². The van der Waals surface area contributed by atoms with Gasteiger partial charge in [-0.15, -0.1) is 0 Å². The lowest BCUT2D eigenvalue weighted by Crippen LogP contribution is -2.54. The van der Waals surface area contributed by atoms with Crippen LogP contribution in [0.25, 0.3) is 6.08 Å². The van der Waals surface area contributed by atoms with Gasteiger partial charge in [-0.1, -0.05) is 34.1 Å². The van der Waals surface area contributed by atoms with E-state index in [0.717, 1.165) is 9.37 Å². The van der Waals surface area contributed by atoms with Gasteiger partial charge >= 0.3 is 6.03 Å². The van der Waals surface area contributed by atoms with Crippen LogP contribution in [-0.2, 0) is 14.4 Å². The van der Waals surface area contributed by atoms with Crippen molar-refractivity contribution < 1.29 is 28.7 Å². The minimum absolute atomic E-state index is 0.243. The van der Waals surface area contributed by atoms with Gasteiger partial charge in [-0.2, -0.15) is 0 Å². The molecule has 1 aliphatic rings. The van der Waals surface area contributed by atoms with Gasteiger partial charge < -0.3 is 14.8 Å². The number of halogens is 2. The Morgan fingerprint density at radius 2 is 1.73 bits per heavy atom. The van der Waals surface area contributed by atoms with E-state index in [9.17, 15) is 19.2 Å². The zero-order valence-electron chi connectivity index (χ0n) is 19.3. The van der Waals surface area contributed by atoms with Crippen LogP contribution in [0.2, 0.25) is 0 Å². The second-order valence-corrected chi connectivity index (χ2v) is 9.44. The number of rotatable bonds is 7. The summed E-state index contributed by atoms with van der Waals surface area (Å²) in [6, 6.07) is 17.8. The van der Waals surface area contributed by atoms with Crippen LogP contribution in [0.5, 0.6) is 11.5 Å². The van der Waals surface area contributed by atoms with Crippen molar-refractivity contribution in [1.82, 2.24) is 5.32 Å². The quantitative estimate of drug-likeness (QED) is 0.284. The van der Waals surface area contributed by atoms with E-state index in [4.69, 9.17) is 9.47 Å². The van der Waals surface area contributed by atoms with Crippen molar-refractivity contribution in [3.05, 3.63) is 86.8 Å². The molecule has 1 aliphatic heterocycles. The minimum atomic E-state index is -0.842. The monoisotopic (exact) mass is 627 g/mol. The Labute approximate surface area is 228 Å². The molecule has 0 aromatic heterocycles. The molecule has 0 saturated carbocycles. The molecule has 1 heterocycles. The summed E-state index contributed by atoms with van der Waals surface area (Å²) < 4.78 is 12.3. The summed E-state index contributed by atoms with van der Waals surface area (Å²) >= 11 is 6.70. The number of nitrogens with zero attached hydrogens (tertiary/aromatic N) is 1. The predicted molar refractivity (Wildman–Crippen MR) is 144 cm³/mol. The fourth-order valence-corrected chi connectivity index (χ4v) is 4.31. The third-order valence-electron chi connectivity index (χ3n) is 5.15. The van der Waals surface area contributed by atoms with Crippen LogP contribution in [0.15, 0.2) is 81.2 Å². The van der Waals surface area contributed by atoms with Crippen molar-refractivity contribution in [3.8, 4) is 11.5 Å². The average Bonchev–Trinajstić information content (AvgIpc) is 2.87. The molecule has 1 saturated heterocycles. The maximum absolute atomic E-state index is 13.1. The lowest BCUT2D eigenvalue weighted by Gasteiger charge is -2.26. The molecular weight excluding hydrogens is 610 g/mol. The van der Waals surface area contributed by atoms with Gasteiger partial charge in [0.05, 0.1) is 17.3 Å². The van der Waals surface area contributed by atoms with Crippen molar-refractivity contribution in [1.29, 1.82) is 0 Å². The molecule has 11 heteroatoms. The lowest BCUT2D eigenvalue weighted by molar-refractivity contribution is -0.122. The number of methoxy groups -OCH3 is 1. The highest BCUT2D eigenvalue weighted by molar-refractivity contribution is 9.10. The largest absolute Gasteiger partial charge is 0.493 e. The van der Waals surface area contributed by atoms with Gasteiger partial charge in [0.15, 0.2) is 18.1 Å². The Hall–Kier alpha value is -3.96. The van der Waals surface area contributed by atoms with E-state index in [1.807, 2.05) is 6.07 Å². The van der Waals surface area contributed by atoms with Gasteiger partial charge in [0.25, 0.3) is 17.7 Å². The molecule has 0 atom stereocenters. The molecule has 4 rings (SSSR count). The fraction of sp³-hybridized carbons (Fsp3) is 0.0769. The zero-order valence-corrected chi connectivity index (χ0v) is 22.5. The Kier molecular flexibility index (Phi) is 8.04. The van der Waals surface area contributed by atoms with E-state index in [1.165, 1.54) is 13.2 Å². The molecule has 0 spiro atoms. The molecular formula is C26H19Br2N3O6. The highest BCUT2D eigenvalue weighted by atomic mass is 79.9. The summed E-state index contributed by atoms with van der Waals surface area (Å²) in [5.41, 5.74) is 1.12. The first-order valence-corrected chi connectivity index (χ1v) is 12.4. The van der Waals surface area contributed by atoms with E-state index in [0.29, 0.717) is 21.4 Å². The molecule has 3 aromatic carbocycles. The first kappa shape index (κ1) is 26.1. The van der Waals surface area contributed by atoms with Gasteiger partial charge in [-0.3, -0.25) is 19.7 Å². The van der Waals surface area contributed by atoms with E-state index in [1.54, 1.807) is 60.7 Å². The van der Waals surface area contributed by atoms with Crippen LogP contribution in [-0.4, -0.2) is 37.5 Å². The first-order valence-electron chi connectivity index (χ1n) is 10.8. The van der Waals surface area contributed by atoms with Gasteiger partial charge in [-0.25, -0.2) is 9.69 Å². The molecule has 3 aromatic rings. The van der Waals surface area contributed by atoms with Gasteiger partial charge in [0, 0.05) is 10.2 Å². The topological polar surface area (TPSA) is 114 Å². The summed E-state index contributed by atoms with van der Waals surface area (Å²) in [5.74, 6) is -1.44. The number of ether oxygens (including phenoxy) is 2. The summed E-state index contributed by atoms with van der Waals surface area (Å²) in [4.78, 5) is 51.2. The molecule has 0 aliphatic carbocycles. The minimum Gasteiger partial charge on any atom is -0.493 e. The van der Waals surface area contributed by atoms with Crippen LogP contribution >= 0.6 is 31.9 Å². The smallest absolute Gasteiger partial charge is 0.335 e. The number of imide groups is 2. The maximum Gasteiger partial charge on any atom is 0.335 e. The average molecular weight is 629 g/mol. The van der Waals surface area contributed by atoms with Crippen molar-refractivity contribution in [3.63, 3.8) is 0 Å². The number of amides is 5. The normalized spacial score (nSPS) is 14.4. The number of hydrogen-bond donors (Lipinski definition) is 2. The molecule has 9 nitrogen and oxygen atoms in total. The summed E-state index contributed by atoms with van der Waals surface area (Å²) in [6.07, 6.45) is 1.34. The van der Waals surface area contributed by atoms with Crippen LogP contribution < -0.4 is 25.0 Å². The molecule has 37 heavy (non-hydrogen) atoms. The summed E-state index contributed by atoms with van der Waals surface area (Å²) in [7, 11) is 1.42. The summed E-state index contributed by atoms with van der Waals surface area (Å²) in [6.45, 7) is -0.282. The van der Waals surface area contributed by atoms with Crippen molar-refractivity contribution in [2.45, 2.75) is 0 Å². The molecule has 0 bridgehead atoms. The second kappa shape index (κ2) is 11.4. The van der Waals surface area contributed by atoms with Crippen molar-refractivity contribution in [2.24, 2.45) is 0 Å². The molecule has 5 amide bonds. The molecule has 0 unspecified atom stereocenters. The Balaban J connectivity index is 1.56. The fourth-order valence-electron chi connectivity index (χ4n) is 3.47. The highest BCUT2D eigenvalue weighted by Gasteiger charge is 2.36. The lowest BCUT2D eigenvalue weighted by atomic mass is 10.1. The van der Waals surface area contributed by atoms with E-state index in [2.05, 4.69) is 42.5 Å². The maximum atomic E-state index is 13.1. The number of barbiturate groups is 1. The third kappa shape index (κ3) is 6.07. The van der Waals surface area contributed by atoms with Crippen LogP contribution in [0.3, 0.4) is 0 Å². The van der Waals surface area contributed by atoms with E-state index in [-0.39, 0.29) is 29.6 Å². The molecule has 1 fully saturated rings. The Bertz CT molecular complexity index is 1410. The zero-order chi connectivity index (χ0) is 26.5. The van der Waals surface area contributed by atoms with Crippen LogP contribution in [0, 0.1) is 0 Å². The Morgan fingerprint density at radius 3 is 2.41 bits per heavy atom. The van der Waals surface area contributed by atoms with Crippen molar-refractivity contribution >= 4 is 73.1 Å². The molecule has 188 valence electrons. The summed E-state index contributed by atoms with van der Waals surface area (Å²) in [5, 5.41) is 4.91. The number of anilines is 2. The number of hydrogen-bond acceptors (Lipinski definition) is 6. The van der Waals surface area contributed by atoms with Crippen LogP contribution in [0.4, 0.5) is 16.2 Å². The first-order chi connectivity index (χ1) is 17.8. The van der Waals surface area contributed by atoms with E-state index >= 15 is 0 Å². The van der Waals surface area contributed by atoms with Gasteiger partial charge in [-0.05, 0) is 76.1 Å². The second-order valence-electron chi connectivity index (χ2n) is 7.67. The number of nitrogens with one attached hydrogen (secondary N) is 2. The molecule has 2 N–H and O–H groups in total. The van der Waals surface area contributed by atoms with Crippen molar-refractivity contribution in [2.75, 3.05) is 23.9 Å². The van der Waals surface area contributed by atoms with Gasteiger partial charge in [0.2, 0.25) is 0 Å². The number of carbonyl (C=O) groups is 4. The number of para-hydroxylation sites is 1. The highest BCUT2D eigenvalue weighted by Crippen LogP contribution is 2.37. The van der Waals surface area contributed by atoms with E-state index < -0.39 is 17.8 Å². The van der Waals surface area contributed by atoms with Gasteiger partial charge in [0.1, 0.15) is 5.57 Å². The Morgan fingerprint density at radius 1 is 1.03 bits per heavy atom.